The van der Waals surface area contributed by atoms with Crippen molar-refractivity contribution >= 4 is 38.2 Å². The zero-order valence-corrected chi connectivity index (χ0v) is 16.9. The summed E-state index contributed by atoms with van der Waals surface area (Å²) in [6.45, 7) is 0.385. The Balaban J connectivity index is 1.77. The Labute approximate surface area is 168 Å². The van der Waals surface area contributed by atoms with Crippen LogP contribution >= 0.6 is 0 Å². The largest absolute Gasteiger partial charge is 0.360 e. The SMILES string of the molecule is CN(C)CCS(=O)(=O)Nc1cccc(NC(=O)c2c[nH]c3ccccc3c2=O)c1. The fraction of sp³-hybridized carbons (Fsp3) is 0.200. The second kappa shape index (κ2) is 8.46. The molecule has 0 aliphatic rings. The molecule has 0 radical (unpaired) electrons. The maximum Gasteiger partial charge on any atom is 0.261 e. The highest BCUT2D eigenvalue weighted by Crippen LogP contribution is 2.17. The number of para-hydroxylation sites is 1. The third kappa shape index (κ3) is 5.21. The zero-order valence-electron chi connectivity index (χ0n) is 16.1. The number of carbonyl (C=O) groups excluding carboxylic acids is 1. The van der Waals surface area contributed by atoms with Crippen molar-refractivity contribution in [1.82, 2.24) is 9.88 Å². The Bertz CT molecular complexity index is 1200. The van der Waals surface area contributed by atoms with Gasteiger partial charge in [-0.2, -0.15) is 0 Å². The summed E-state index contributed by atoms with van der Waals surface area (Å²) in [5.74, 6) is -0.632. The number of pyridine rings is 1. The lowest BCUT2D eigenvalue weighted by Gasteiger charge is -2.12. The molecule has 1 heterocycles. The number of nitrogens with one attached hydrogen (secondary N) is 3. The van der Waals surface area contributed by atoms with E-state index in [1.165, 1.54) is 12.3 Å². The fourth-order valence-corrected chi connectivity index (χ4v) is 3.92. The first-order chi connectivity index (χ1) is 13.7. The van der Waals surface area contributed by atoms with Gasteiger partial charge in [-0.3, -0.25) is 14.3 Å². The third-order valence-corrected chi connectivity index (χ3v) is 5.50. The number of benzene rings is 2. The van der Waals surface area contributed by atoms with E-state index in [-0.39, 0.29) is 16.7 Å². The molecule has 1 amide bonds. The first-order valence-electron chi connectivity index (χ1n) is 8.92. The number of aromatic amines is 1. The monoisotopic (exact) mass is 414 g/mol. The number of sulfonamides is 1. The minimum atomic E-state index is -3.52. The highest BCUT2D eigenvalue weighted by Gasteiger charge is 2.14. The molecule has 1 aromatic heterocycles. The first kappa shape index (κ1) is 20.6. The summed E-state index contributed by atoms with van der Waals surface area (Å²) in [7, 11) is 0.0662. The van der Waals surface area contributed by atoms with Crippen molar-refractivity contribution in [2.75, 3.05) is 36.4 Å². The Morgan fingerprint density at radius 3 is 2.55 bits per heavy atom. The molecule has 0 saturated carbocycles. The summed E-state index contributed by atoms with van der Waals surface area (Å²) >= 11 is 0. The number of amides is 1. The van der Waals surface area contributed by atoms with E-state index in [1.54, 1.807) is 61.5 Å². The third-order valence-electron chi connectivity index (χ3n) is 4.23. The molecule has 0 spiro atoms. The van der Waals surface area contributed by atoms with Crippen LogP contribution in [-0.4, -0.2) is 50.6 Å². The lowest BCUT2D eigenvalue weighted by molar-refractivity contribution is 0.102. The van der Waals surface area contributed by atoms with Crippen molar-refractivity contribution in [1.29, 1.82) is 0 Å². The van der Waals surface area contributed by atoms with Crippen LogP contribution in [0.15, 0.2) is 59.5 Å². The molecule has 3 rings (SSSR count). The van der Waals surface area contributed by atoms with Gasteiger partial charge >= 0.3 is 0 Å². The van der Waals surface area contributed by atoms with Crippen molar-refractivity contribution < 1.29 is 13.2 Å². The average molecular weight is 414 g/mol. The lowest BCUT2D eigenvalue weighted by Crippen LogP contribution is -2.26. The summed E-state index contributed by atoms with van der Waals surface area (Å²) in [4.78, 5) is 29.9. The van der Waals surface area contributed by atoms with Gasteiger partial charge in [0.05, 0.1) is 11.4 Å². The van der Waals surface area contributed by atoms with Crippen LogP contribution in [-0.2, 0) is 10.0 Å². The number of rotatable bonds is 7. The van der Waals surface area contributed by atoms with Crippen molar-refractivity contribution in [3.63, 3.8) is 0 Å². The molecule has 0 atom stereocenters. The van der Waals surface area contributed by atoms with Gasteiger partial charge in [-0.05, 0) is 44.4 Å². The number of aromatic nitrogens is 1. The van der Waals surface area contributed by atoms with Crippen molar-refractivity contribution in [3.05, 3.63) is 70.5 Å². The van der Waals surface area contributed by atoms with E-state index in [0.717, 1.165) is 0 Å². The molecule has 0 aliphatic carbocycles. The number of nitrogens with zero attached hydrogens (tertiary/aromatic N) is 1. The molecule has 0 saturated heterocycles. The Hall–Kier alpha value is -3.17. The molecule has 0 unspecified atom stereocenters. The van der Waals surface area contributed by atoms with Gasteiger partial charge in [0.15, 0.2) is 0 Å². The summed E-state index contributed by atoms with van der Waals surface area (Å²) < 4.78 is 26.8. The number of hydrogen-bond donors (Lipinski definition) is 3. The van der Waals surface area contributed by atoms with Gasteiger partial charge in [0, 0.05) is 29.3 Å². The molecule has 0 bridgehead atoms. The minimum absolute atomic E-state index is 0.0272. The molecule has 29 heavy (non-hydrogen) atoms. The molecular formula is C20H22N4O4S. The van der Waals surface area contributed by atoms with Gasteiger partial charge in [0.2, 0.25) is 15.5 Å². The van der Waals surface area contributed by atoms with Gasteiger partial charge in [-0.1, -0.05) is 18.2 Å². The van der Waals surface area contributed by atoms with Gasteiger partial charge in [0.1, 0.15) is 5.56 Å². The van der Waals surface area contributed by atoms with Crippen LogP contribution in [0, 0.1) is 0 Å². The number of fused-ring (bicyclic) bond motifs is 1. The van der Waals surface area contributed by atoms with E-state index >= 15 is 0 Å². The standard InChI is InChI=1S/C20H22N4O4S/c1-24(2)10-11-29(27,28)23-15-7-5-6-14(12-15)22-20(26)17-13-21-18-9-4-3-8-16(18)19(17)25/h3-9,12-13,23H,10-11H2,1-2H3,(H,21,25)(H,22,26). The second-order valence-electron chi connectivity index (χ2n) is 6.84. The van der Waals surface area contributed by atoms with Crippen molar-refractivity contribution in [3.8, 4) is 0 Å². The summed E-state index contributed by atoms with van der Waals surface area (Å²) in [5, 5.41) is 3.06. The maximum absolute atomic E-state index is 12.6. The zero-order chi connectivity index (χ0) is 21.0. The molecule has 3 N–H and O–H groups in total. The quantitative estimate of drug-likeness (QED) is 0.548. The molecular weight excluding hydrogens is 392 g/mol. The Morgan fingerprint density at radius 1 is 1.07 bits per heavy atom. The molecule has 3 aromatic rings. The van der Waals surface area contributed by atoms with E-state index < -0.39 is 15.9 Å². The molecule has 0 aliphatic heterocycles. The van der Waals surface area contributed by atoms with Crippen LogP contribution in [0.5, 0.6) is 0 Å². The molecule has 9 heteroatoms. The topological polar surface area (TPSA) is 111 Å². The summed E-state index contributed by atoms with van der Waals surface area (Å²) in [6.07, 6.45) is 1.37. The summed E-state index contributed by atoms with van der Waals surface area (Å²) in [6, 6.07) is 13.2. The first-order valence-corrected chi connectivity index (χ1v) is 10.6. The van der Waals surface area contributed by atoms with Gasteiger partial charge in [0.25, 0.3) is 5.91 Å². The van der Waals surface area contributed by atoms with Crippen LogP contribution in [0.3, 0.4) is 0 Å². The fourth-order valence-electron chi connectivity index (χ4n) is 2.73. The van der Waals surface area contributed by atoms with Crippen molar-refractivity contribution in [2.45, 2.75) is 0 Å². The highest BCUT2D eigenvalue weighted by atomic mass is 32.2. The normalized spacial score (nSPS) is 11.6. The minimum Gasteiger partial charge on any atom is -0.360 e. The summed E-state index contributed by atoms with van der Waals surface area (Å²) in [5.41, 5.74) is 0.936. The van der Waals surface area contributed by atoms with Gasteiger partial charge < -0.3 is 15.2 Å². The van der Waals surface area contributed by atoms with E-state index in [2.05, 4.69) is 15.0 Å². The molecule has 8 nitrogen and oxygen atoms in total. The van der Waals surface area contributed by atoms with E-state index in [1.807, 2.05) is 0 Å². The lowest BCUT2D eigenvalue weighted by atomic mass is 10.1. The number of anilines is 2. The van der Waals surface area contributed by atoms with Gasteiger partial charge in [-0.25, -0.2) is 8.42 Å². The molecule has 0 fully saturated rings. The van der Waals surface area contributed by atoms with Crippen molar-refractivity contribution in [2.24, 2.45) is 0 Å². The smallest absolute Gasteiger partial charge is 0.261 e. The predicted octanol–water partition coefficient (Wildman–Crippen LogP) is 2.08. The molecule has 2 aromatic carbocycles. The van der Waals surface area contributed by atoms with Crippen LogP contribution < -0.4 is 15.5 Å². The number of H-pyrrole nitrogens is 1. The van der Waals surface area contributed by atoms with E-state index in [9.17, 15) is 18.0 Å². The number of carbonyl (C=O) groups is 1. The average Bonchev–Trinajstić information content (AvgIpc) is 2.67. The Kier molecular flexibility index (Phi) is 6.00. The highest BCUT2D eigenvalue weighted by molar-refractivity contribution is 7.92. The second-order valence-corrected chi connectivity index (χ2v) is 8.68. The maximum atomic E-state index is 12.6. The van der Waals surface area contributed by atoms with Gasteiger partial charge in [-0.15, -0.1) is 0 Å². The number of hydrogen-bond acceptors (Lipinski definition) is 5. The van der Waals surface area contributed by atoms with Crippen LogP contribution in [0.2, 0.25) is 0 Å². The van der Waals surface area contributed by atoms with Crippen LogP contribution in [0.25, 0.3) is 10.9 Å². The Morgan fingerprint density at radius 2 is 1.79 bits per heavy atom. The van der Waals surface area contributed by atoms with E-state index in [0.29, 0.717) is 28.8 Å². The van der Waals surface area contributed by atoms with Crippen LogP contribution in [0.1, 0.15) is 10.4 Å². The predicted molar refractivity (Wildman–Crippen MR) is 115 cm³/mol. The van der Waals surface area contributed by atoms with Crippen LogP contribution in [0.4, 0.5) is 11.4 Å². The molecule has 152 valence electrons. The van der Waals surface area contributed by atoms with E-state index in [4.69, 9.17) is 0 Å².